The molecule has 1 atom stereocenters. The molecule has 0 heterocycles. The summed E-state index contributed by atoms with van der Waals surface area (Å²) in [5.74, 6) is -1.98. The molecule has 0 saturated heterocycles. The Morgan fingerprint density at radius 3 is 2.18 bits per heavy atom. The molecule has 0 radical (unpaired) electrons. The summed E-state index contributed by atoms with van der Waals surface area (Å²) in [5.41, 5.74) is 0.186. The predicted molar refractivity (Wildman–Crippen MR) is 139 cm³/mol. The van der Waals surface area contributed by atoms with Crippen molar-refractivity contribution in [3.63, 3.8) is 0 Å². The molecule has 3 aromatic rings. The Hall–Kier alpha value is -3.99. The quantitative estimate of drug-likeness (QED) is 0.396. The SMILES string of the molecule is CCOc1ccc(S(=O)(=O)N(CC(=O)N(Cc2ccccc2F)[C@H](C)C(=O)NC)c2ccc(F)cc2)cc1. The molecule has 2 amide bonds. The maximum Gasteiger partial charge on any atom is 0.264 e. The van der Waals surface area contributed by atoms with E-state index in [1.807, 2.05) is 0 Å². The van der Waals surface area contributed by atoms with Crippen molar-refractivity contribution >= 4 is 27.5 Å². The molecule has 0 spiro atoms. The zero-order valence-electron chi connectivity index (χ0n) is 21.2. The van der Waals surface area contributed by atoms with Gasteiger partial charge in [-0.2, -0.15) is 0 Å². The van der Waals surface area contributed by atoms with Crippen molar-refractivity contribution in [2.45, 2.75) is 31.3 Å². The molecule has 0 aromatic heterocycles. The Balaban J connectivity index is 2.02. The van der Waals surface area contributed by atoms with Gasteiger partial charge in [-0.25, -0.2) is 17.2 Å². The van der Waals surface area contributed by atoms with Gasteiger partial charge in [0.2, 0.25) is 11.8 Å². The average Bonchev–Trinajstić information content (AvgIpc) is 2.91. The largest absolute Gasteiger partial charge is 0.494 e. The van der Waals surface area contributed by atoms with E-state index in [-0.39, 0.29) is 22.7 Å². The first kappa shape index (κ1) is 28.6. The first-order valence-electron chi connectivity index (χ1n) is 11.8. The molecule has 202 valence electrons. The van der Waals surface area contributed by atoms with Gasteiger partial charge in [0.05, 0.1) is 17.2 Å². The van der Waals surface area contributed by atoms with Crippen LogP contribution in [-0.2, 0) is 26.2 Å². The lowest BCUT2D eigenvalue weighted by atomic mass is 10.1. The summed E-state index contributed by atoms with van der Waals surface area (Å²) >= 11 is 0. The number of anilines is 1. The van der Waals surface area contributed by atoms with Crippen LogP contribution in [0.2, 0.25) is 0 Å². The number of carbonyl (C=O) groups excluding carboxylic acids is 2. The van der Waals surface area contributed by atoms with E-state index in [0.29, 0.717) is 12.4 Å². The van der Waals surface area contributed by atoms with Gasteiger partial charge in [-0.15, -0.1) is 0 Å². The molecule has 0 bridgehead atoms. The fourth-order valence-corrected chi connectivity index (χ4v) is 5.15. The van der Waals surface area contributed by atoms with Crippen molar-refractivity contribution in [3.05, 3.63) is 90.0 Å². The fraction of sp³-hybridized carbons (Fsp3) is 0.259. The van der Waals surface area contributed by atoms with E-state index >= 15 is 0 Å². The van der Waals surface area contributed by atoms with Gasteiger partial charge in [-0.3, -0.25) is 13.9 Å². The van der Waals surface area contributed by atoms with Crippen LogP contribution in [0.1, 0.15) is 19.4 Å². The third-order valence-corrected chi connectivity index (χ3v) is 7.62. The summed E-state index contributed by atoms with van der Waals surface area (Å²) < 4.78 is 61.7. The molecule has 0 aliphatic heterocycles. The smallest absolute Gasteiger partial charge is 0.264 e. The van der Waals surface area contributed by atoms with Crippen molar-refractivity contribution in [1.29, 1.82) is 0 Å². The van der Waals surface area contributed by atoms with Crippen LogP contribution in [0.4, 0.5) is 14.5 Å². The molecule has 0 aliphatic rings. The normalized spacial score (nSPS) is 11.9. The fourth-order valence-electron chi connectivity index (χ4n) is 3.74. The molecule has 38 heavy (non-hydrogen) atoms. The molecule has 0 unspecified atom stereocenters. The van der Waals surface area contributed by atoms with Crippen LogP contribution >= 0.6 is 0 Å². The van der Waals surface area contributed by atoms with Crippen LogP contribution < -0.4 is 14.4 Å². The minimum absolute atomic E-state index is 0.0343. The lowest BCUT2D eigenvalue weighted by Crippen LogP contribution is -2.50. The van der Waals surface area contributed by atoms with Gasteiger partial charge in [0.25, 0.3) is 10.0 Å². The summed E-state index contributed by atoms with van der Waals surface area (Å²) in [6.45, 7) is 2.64. The predicted octanol–water partition coefficient (Wildman–Crippen LogP) is 3.72. The van der Waals surface area contributed by atoms with Gasteiger partial charge < -0.3 is 15.0 Å². The van der Waals surface area contributed by atoms with Crippen molar-refractivity contribution < 1.29 is 31.5 Å². The second kappa shape index (κ2) is 12.5. The Bertz CT molecular complexity index is 1370. The Morgan fingerprint density at radius 1 is 0.974 bits per heavy atom. The van der Waals surface area contributed by atoms with Gasteiger partial charge in [-0.1, -0.05) is 18.2 Å². The topological polar surface area (TPSA) is 96.0 Å². The number of rotatable bonds is 11. The molecule has 3 aromatic carbocycles. The molecule has 11 heteroatoms. The van der Waals surface area contributed by atoms with Crippen LogP contribution in [0, 0.1) is 11.6 Å². The second-order valence-corrected chi connectivity index (χ2v) is 10.2. The van der Waals surface area contributed by atoms with E-state index in [0.717, 1.165) is 21.3 Å². The number of likely N-dealkylation sites (N-methyl/N-ethyl adjacent to an activating group) is 1. The van der Waals surface area contributed by atoms with Gasteiger partial charge in [-0.05, 0) is 68.4 Å². The van der Waals surface area contributed by atoms with Crippen molar-refractivity contribution in [2.24, 2.45) is 0 Å². The standard InChI is InChI=1S/C27H29F2N3O5S/c1-4-37-23-13-15-24(16-14-23)38(35,36)32(22-11-9-21(28)10-12-22)18-26(33)31(19(2)27(34)30-3)17-20-7-5-6-8-25(20)29/h5-16,19H,4,17-18H2,1-3H3,(H,30,34)/t19-/m1/s1. The van der Waals surface area contributed by atoms with E-state index in [1.54, 1.807) is 13.0 Å². The molecule has 8 nitrogen and oxygen atoms in total. The van der Waals surface area contributed by atoms with Crippen LogP contribution in [0.25, 0.3) is 0 Å². The van der Waals surface area contributed by atoms with E-state index in [1.165, 1.54) is 68.6 Å². The van der Waals surface area contributed by atoms with E-state index < -0.39 is 46.1 Å². The van der Waals surface area contributed by atoms with Crippen LogP contribution in [0.3, 0.4) is 0 Å². The first-order valence-corrected chi connectivity index (χ1v) is 13.3. The molecular formula is C27H29F2N3O5S. The highest BCUT2D eigenvalue weighted by molar-refractivity contribution is 7.92. The summed E-state index contributed by atoms with van der Waals surface area (Å²) in [5, 5.41) is 2.45. The molecule has 1 N–H and O–H groups in total. The second-order valence-electron chi connectivity index (χ2n) is 8.30. The van der Waals surface area contributed by atoms with Gasteiger partial charge in [0.15, 0.2) is 0 Å². The third-order valence-electron chi connectivity index (χ3n) is 5.83. The summed E-state index contributed by atoms with van der Waals surface area (Å²) in [4.78, 5) is 27.0. The molecule has 0 fully saturated rings. The maximum absolute atomic E-state index is 14.4. The summed E-state index contributed by atoms with van der Waals surface area (Å²) in [6.07, 6.45) is 0. The number of benzene rings is 3. The minimum atomic E-state index is -4.33. The third kappa shape index (κ3) is 6.65. The Morgan fingerprint density at radius 2 is 1.61 bits per heavy atom. The number of nitrogens with zero attached hydrogens (tertiary/aromatic N) is 2. The number of sulfonamides is 1. The lowest BCUT2D eigenvalue weighted by molar-refractivity contribution is -0.139. The van der Waals surface area contributed by atoms with Crippen molar-refractivity contribution in [2.75, 3.05) is 24.5 Å². The minimum Gasteiger partial charge on any atom is -0.494 e. The van der Waals surface area contributed by atoms with Gasteiger partial charge in [0, 0.05) is 19.2 Å². The number of ether oxygens (including phenoxy) is 1. The van der Waals surface area contributed by atoms with Crippen LogP contribution in [0.5, 0.6) is 5.75 Å². The summed E-state index contributed by atoms with van der Waals surface area (Å²) in [7, 11) is -2.93. The van der Waals surface area contributed by atoms with Gasteiger partial charge in [0.1, 0.15) is 30.0 Å². The van der Waals surface area contributed by atoms with Gasteiger partial charge >= 0.3 is 0 Å². The van der Waals surface area contributed by atoms with Crippen LogP contribution in [-0.4, -0.2) is 51.4 Å². The first-order chi connectivity index (χ1) is 18.1. The monoisotopic (exact) mass is 545 g/mol. The van der Waals surface area contributed by atoms with Crippen molar-refractivity contribution in [3.8, 4) is 5.75 Å². The molecule has 0 aliphatic carbocycles. The number of halogens is 2. The number of hydrogen-bond acceptors (Lipinski definition) is 5. The maximum atomic E-state index is 14.4. The lowest BCUT2D eigenvalue weighted by Gasteiger charge is -2.31. The molecule has 3 rings (SSSR count). The zero-order chi connectivity index (χ0) is 27.9. The highest BCUT2D eigenvalue weighted by Crippen LogP contribution is 2.26. The van der Waals surface area contributed by atoms with Crippen LogP contribution in [0.15, 0.2) is 77.7 Å². The highest BCUT2D eigenvalue weighted by Gasteiger charge is 2.32. The number of nitrogens with one attached hydrogen (secondary N) is 1. The molecular weight excluding hydrogens is 516 g/mol. The van der Waals surface area contributed by atoms with E-state index in [4.69, 9.17) is 4.74 Å². The highest BCUT2D eigenvalue weighted by atomic mass is 32.2. The number of carbonyl (C=O) groups is 2. The zero-order valence-corrected chi connectivity index (χ0v) is 22.0. The van der Waals surface area contributed by atoms with E-state index in [2.05, 4.69) is 5.32 Å². The average molecular weight is 546 g/mol. The van der Waals surface area contributed by atoms with E-state index in [9.17, 15) is 26.8 Å². The molecule has 0 saturated carbocycles. The number of hydrogen-bond donors (Lipinski definition) is 1. The number of amides is 2. The Labute approximate surface area is 220 Å². The summed E-state index contributed by atoms with van der Waals surface area (Å²) in [6, 6.07) is 15.0. The Kier molecular flexibility index (Phi) is 9.40. The van der Waals surface area contributed by atoms with Crippen molar-refractivity contribution in [1.82, 2.24) is 10.2 Å².